The van der Waals surface area contributed by atoms with Crippen molar-refractivity contribution >= 4 is 46.5 Å². The quantitative estimate of drug-likeness (QED) is 0.226. The highest BCUT2D eigenvalue weighted by molar-refractivity contribution is 6.50. The smallest absolute Gasteiger partial charge is 0.330 e. The molecular formula is C18H14ClN5O6. The number of anilines is 1. The summed E-state index contributed by atoms with van der Waals surface area (Å²) in [5.41, 5.74) is 1.32. The van der Waals surface area contributed by atoms with E-state index in [0.29, 0.717) is 4.90 Å². The second-order valence-corrected chi connectivity index (χ2v) is 6.17. The molecule has 0 aliphatic carbocycles. The van der Waals surface area contributed by atoms with E-state index < -0.39 is 22.7 Å². The van der Waals surface area contributed by atoms with Gasteiger partial charge in [0.15, 0.2) is 5.71 Å². The summed E-state index contributed by atoms with van der Waals surface area (Å²) in [5.74, 6) is -2.48. The number of amides is 2. The van der Waals surface area contributed by atoms with Crippen molar-refractivity contribution in [3.05, 3.63) is 57.1 Å². The van der Waals surface area contributed by atoms with Gasteiger partial charge >= 0.3 is 5.97 Å². The Morgan fingerprint density at radius 3 is 2.77 bits per heavy atom. The molecule has 0 aromatic heterocycles. The van der Waals surface area contributed by atoms with Crippen LogP contribution in [0, 0.1) is 21.4 Å². The standard InChI is InChI=1S/C18H14ClN5O6/c1-3-15(25)30-7-6-23-17(26)12(9-20)10(2)16(18(23)27)22-21-13-5-4-11(19)8-14(13)24(28)29/h3-5,8,21H,1,6-7H2,2H3/b22-16-. The number of nitrogens with zero attached hydrogens (tertiary/aromatic N) is 4. The molecule has 0 atom stereocenters. The van der Waals surface area contributed by atoms with Gasteiger partial charge < -0.3 is 4.74 Å². The Morgan fingerprint density at radius 1 is 1.47 bits per heavy atom. The van der Waals surface area contributed by atoms with E-state index in [1.165, 1.54) is 19.1 Å². The van der Waals surface area contributed by atoms with E-state index in [4.69, 9.17) is 16.3 Å². The molecule has 154 valence electrons. The number of ether oxygens (including phenoxy) is 1. The van der Waals surface area contributed by atoms with Crippen molar-refractivity contribution in [2.24, 2.45) is 5.10 Å². The highest BCUT2D eigenvalue weighted by atomic mass is 35.5. The van der Waals surface area contributed by atoms with Gasteiger partial charge in [-0.1, -0.05) is 18.2 Å². The number of hydrogen-bond acceptors (Lipinski definition) is 9. The van der Waals surface area contributed by atoms with E-state index in [1.54, 1.807) is 6.07 Å². The summed E-state index contributed by atoms with van der Waals surface area (Å²) in [4.78, 5) is 47.5. The van der Waals surface area contributed by atoms with Crippen LogP contribution in [-0.2, 0) is 19.1 Å². The number of hydrogen-bond donors (Lipinski definition) is 1. The molecule has 0 unspecified atom stereocenters. The molecule has 0 fully saturated rings. The van der Waals surface area contributed by atoms with Crippen LogP contribution < -0.4 is 5.43 Å². The number of benzene rings is 1. The van der Waals surface area contributed by atoms with Crippen molar-refractivity contribution < 1.29 is 24.0 Å². The van der Waals surface area contributed by atoms with Crippen LogP contribution in [0.2, 0.25) is 5.02 Å². The molecule has 1 N–H and O–H groups in total. The number of nitriles is 1. The number of nitro groups is 1. The van der Waals surface area contributed by atoms with Crippen LogP contribution in [0.4, 0.5) is 11.4 Å². The minimum Gasteiger partial charge on any atom is -0.461 e. The number of nitrogens with one attached hydrogen (secondary N) is 1. The lowest BCUT2D eigenvalue weighted by atomic mass is 9.99. The summed E-state index contributed by atoms with van der Waals surface area (Å²) in [5, 5.41) is 24.5. The number of carbonyl (C=O) groups is 3. The zero-order valence-electron chi connectivity index (χ0n) is 15.5. The number of hydrazone groups is 1. The van der Waals surface area contributed by atoms with Gasteiger partial charge in [0.1, 0.15) is 23.9 Å². The first-order chi connectivity index (χ1) is 14.2. The summed E-state index contributed by atoms with van der Waals surface area (Å²) in [6.45, 7) is 3.93. The van der Waals surface area contributed by atoms with Gasteiger partial charge in [0.05, 0.1) is 11.5 Å². The summed E-state index contributed by atoms with van der Waals surface area (Å²) >= 11 is 5.76. The maximum atomic E-state index is 12.7. The number of esters is 1. The molecule has 1 heterocycles. The Labute approximate surface area is 175 Å². The van der Waals surface area contributed by atoms with Crippen molar-refractivity contribution in [2.75, 3.05) is 18.6 Å². The van der Waals surface area contributed by atoms with E-state index in [9.17, 15) is 29.8 Å². The first kappa shape index (κ1) is 22.3. The monoisotopic (exact) mass is 431 g/mol. The fourth-order valence-corrected chi connectivity index (χ4v) is 2.59. The third kappa shape index (κ3) is 4.68. The van der Waals surface area contributed by atoms with Gasteiger partial charge in [-0.25, -0.2) is 4.79 Å². The minimum atomic E-state index is -0.869. The van der Waals surface area contributed by atoms with Gasteiger partial charge in [-0.3, -0.25) is 30.0 Å². The Hall–Kier alpha value is -4.04. The third-order valence-electron chi connectivity index (χ3n) is 3.92. The van der Waals surface area contributed by atoms with Crippen LogP contribution in [0.3, 0.4) is 0 Å². The first-order valence-electron chi connectivity index (χ1n) is 8.25. The molecule has 1 aromatic carbocycles. The van der Waals surface area contributed by atoms with Gasteiger partial charge in [-0.15, -0.1) is 0 Å². The van der Waals surface area contributed by atoms with E-state index in [1.807, 2.05) is 0 Å². The number of nitro benzene ring substituents is 1. The van der Waals surface area contributed by atoms with E-state index in [2.05, 4.69) is 17.1 Å². The molecule has 0 saturated carbocycles. The van der Waals surface area contributed by atoms with Gasteiger partial charge in [0.25, 0.3) is 17.5 Å². The fourth-order valence-electron chi connectivity index (χ4n) is 2.42. The summed E-state index contributed by atoms with van der Waals surface area (Å²) in [6, 6.07) is 5.48. The number of rotatable bonds is 7. The molecule has 0 radical (unpaired) electrons. The normalized spacial score (nSPS) is 15.1. The molecule has 1 aromatic rings. The van der Waals surface area contributed by atoms with Crippen LogP contribution >= 0.6 is 11.6 Å². The van der Waals surface area contributed by atoms with Gasteiger partial charge in [-0.2, -0.15) is 10.4 Å². The predicted molar refractivity (Wildman–Crippen MR) is 105 cm³/mol. The molecule has 1 aliphatic heterocycles. The Morgan fingerprint density at radius 2 is 2.17 bits per heavy atom. The molecule has 30 heavy (non-hydrogen) atoms. The maximum absolute atomic E-state index is 12.7. The van der Waals surface area contributed by atoms with E-state index in [-0.39, 0.29) is 46.4 Å². The van der Waals surface area contributed by atoms with E-state index >= 15 is 0 Å². The van der Waals surface area contributed by atoms with E-state index in [0.717, 1.165) is 12.1 Å². The van der Waals surface area contributed by atoms with Crippen molar-refractivity contribution in [3.63, 3.8) is 0 Å². The van der Waals surface area contributed by atoms with Gasteiger partial charge in [-0.05, 0) is 19.1 Å². The molecule has 11 nitrogen and oxygen atoms in total. The SMILES string of the molecule is C=CC(=O)OCCN1C(=O)C(C#N)=C(C)/C(=N/Nc2ccc(Cl)cc2[N+](=O)[O-])C1=O. The Bertz CT molecular complexity index is 1060. The average molecular weight is 432 g/mol. The molecule has 0 saturated heterocycles. The number of halogens is 1. The molecule has 2 rings (SSSR count). The Balaban J connectivity index is 2.37. The van der Waals surface area contributed by atoms with Crippen molar-refractivity contribution in [3.8, 4) is 6.07 Å². The molecular weight excluding hydrogens is 418 g/mol. The summed E-state index contributed by atoms with van der Waals surface area (Å²) in [6.07, 6.45) is 0.917. The highest BCUT2D eigenvalue weighted by Gasteiger charge is 2.37. The van der Waals surface area contributed by atoms with Crippen LogP contribution in [0.5, 0.6) is 0 Å². The largest absolute Gasteiger partial charge is 0.461 e. The predicted octanol–water partition coefficient (Wildman–Crippen LogP) is 1.95. The lowest BCUT2D eigenvalue weighted by molar-refractivity contribution is -0.383. The second-order valence-electron chi connectivity index (χ2n) is 5.74. The van der Waals surface area contributed by atoms with Crippen LogP contribution in [0.1, 0.15) is 6.92 Å². The van der Waals surface area contributed by atoms with Crippen LogP contribution in [-0.4, -0.2) is 46.5 Å². The van der Waals surface area contributed by atoms with Crippen LogP contribution in [0.25, 0.3) is 0 Å². The molecule has 0 spiro atoms. The molecule has 1 aliphatic rings. The summed E-state index contributed by atoms with van der Waals surface area (Å²) in [7, 11) is 0. The fraction of sp³-hybridized carbons (Fsp3) is 0.167. The lowest BCUT2D eigenvalue weighted by Crippen LogP contribution is -2.48. The minimum absolute atomic E-state index is 0.00375. The summed E-state index contributed by atoms with van der Waals surface area (Å²) < 4.78 is 4.76. The topological polar surface area (TPSA) is 155 Å². The second kappa shape index (κ2) is 9.44. The lowest BCUT2D eigenvalue weighted by Gasteiger charge is -2.26. The maximum Gasteiger partial charge on any atom is 0.330 e. The molecule has 12 heteroatoms. The third-order valence-corrected chi connectivity index (χ3v) is 4.15. The number of imide groups is 1. The van der Waals surface area contributed by atoms with Crippen LogP contribution in [0.15, 0.2) is 47.1 Å². The Kier molecular flexibility index (Phi) is 7.00. The zero-order valence-corrected chi connectivity index (χ0v) is 16.3. The van der Waals surface area contributed by atoms with Crippen molar-refractivity contribution in [2.45, 2.75) is 6.92 Å². The average Bonchev–Trinajstić information content (AvgIpc) is 2.71. The first-order valence-corrected chi connectivity index (χ1v) is 8.63. The molecule has 2 amide bonds. The number of carbonyl (C=O) groups excluding carboxylic acids is 3. The highest BCUT2D eigenvalue weighted by Crippen LogP contribution is 2.28. The zero-order chi connectivity index (χ0) is 22.4. The van der Waals surface area contributed by atoms with Crippen molar-refractivity contribution in [1.29, 1.82) is 5.26 Å². The molecule has 0 bridgehead atoms. The van der Waals surface area contributed by atoms with Gasteiger partial charge in [0.2, 0.25) is 0 Å². The van der Waals surface area contributed by atoms with Crippen molar-refractivity contribution in [1.82, 2.24) is 4.90 Å². The van der Waals surface area contributed by atoms with Gasteiger partial charge in [0, 0.05) is 22.7 Å².